The first kappa shape index (κ1) is 16.5. The summed E-state index contributed by atoms with van der Waals surface area (Å²) >= 11 is 11.4. The van der Waals surface area contributed by atoms with E-state index in [1.54, 1.807) is 6.92 Å². The van der Waals surface area contributed by atoms with Crippen molar-refractivity contribution in [3.63, 3.8) is 0 Å². The summed E-state index contributed by atoms with van der Waals surface area (Å²) in [6.45, 7) is 1.18. The number of pyridine rings is 1. The summed E-state index contributed by atoms with van der Waals surface area (Å²) in [6.07, 6.45) is 3.01. The molecule has 0 radical (unpaired) electrons. The summed E-state index contributed by atoms with van der Waals surface area (Å²) in [5, 5.41) is 11.9. The lowest BCUT2D eigenvalue weighted by Crippen LogP contribution is -2.48. The van der Waals surface area contributed by atoms with Crippen LogP contribution >= 0.6 is 23.2 Å². The Hall–Kier alpha value is -1.84. The fraction of sp³-hybridized carbons (Fsp3) is 0.429. The zero-order chi connectivity index (χ0) is 16.3. The molecule has 1 saturated carbocycles. The third-order valence-corrected chi connectivity index (χ3v) is 4.08. The molecule has 1 aromatic rings. The Bertz CT molecular complexity index is 655. The third-order valence-electron chi connectivity index (χ3n) is 3.39. The maximum atomic E-state index is 11.8. The van der Waals surface area contributed by atoms with E-state index in [-0.39, 0.29) is 21.7 Å². The number of aromatic nitrogens is 1. The Kier molecular flexibility index (Phi) is 4.89. The molecule has 1 atom stereocenters. The van der Waals surface area contributed by atoms with Gasteiger partial charge in [0.05, 0.1) is 16.7 Å². The number of nitrogens with zero attached hydrogens (tertiary/aromatic N) is 2. The average Bonchev–Trinajstić information content (AvgIpc) is 3.32. The summed E-state index contributed by atoms with van der Waals surface area (Å²) < 4.78 is 4.87. The van der Waals surface area contributed by atoms with Gasteiger partial charge in [-0.05, 0) is 31.7 Å². The van der Waals surface area contributed by atoms with Crippen LogP contribution < -0.4 is 5.32 Å². The van der Waals surface area contributed by atoms with Crippen molar-refractivity contribution in [1.29, 1.82) is 5.26 Å². The largest absolute Gasteiger partial charge is 0.452 e. The second kappa shape index (κ2) is 6.51. The van der Waals surface area contributed by atoms with E-state index in [9.17, 15) is 9.59 Å². The molecule has 1 N–H and O–H groups in total. The molecule has 1 aliphatic carbocycles. The van der Waals surface area contributed by atoms with Gasteiger partial charge in [0.25, 0.3) is 5.91 Å². The first-order valence-electron chi connectivity index (χ1n) is 6.56. The lowest BCUT2D eigenvalue weighted by Gasteiger charge is -2.22. The summed E-state index contributed by atoms with van der Waals surface area (Å²) in [4.78, 5) is 27.3. The van der Waals surface area contributed by atoms with Crippen LogP contribution in [0.1, 0.15) is 30.1 Å². The van der Waals surface area contributed by atoms with Gasteiger partial charge in [-0.2, -0.15) is 5.26 Å². The van der Waals surface area contributed by atoms with Crippen LogP contribution in [0.25, 0.3) is 0 Å². The van der Waals surface area contributed by atoms with Crippen molar-refractivity contribution in [3.8, 4) is 6.07 Å². The van der Waals surface area contributed by atoms with Crippen LogP contribution in [0.3, 0.4) is 0 Å². The first-order valence-corrected chi connectivity index (χ1v) is 7.32. The number of halogens is 2. The molecule has 1 amide bonds. The van der Waals surface area contributed by atoms with Crippen molar-refractivity contribution in [3.05, 3.63) is 28.0 Å². The van der Waals surface area contributed by atoms with Gasteiger partial charge in [0.15, 0.2) is 6.61 Å². The Morgan fingerprint density at radius 1 is 1.55 bits per heavy atom. The summed E-state index contributed by atoms with van der Waals surface area (Å²) in [7, 11) is 0. The van der Waals surface area contributed by atoms with E-state index in [0.29, 0.717) is 0 Å². The molecule has 0 aromatic carbocycles. The summed E-state index contributed by atoms with van der Waals surface area (Å²) in [6, 6.07) is 3.40. The van der Waals surface area contributed by atoms with Gasteiger partial charge in [0, 0.05) is 6.20 Å². The molecule has 0 spiro atoms. The predicted molar refractivity (Wildman–Crippen MR) is 79.4 cm³/mol. The molecule has 1 fully saturated rings. The highest BCUT2D eigenvalue weighted by Gasteiger charge is 2.43. The van der Waals surface area contributed by atoms with Crippen molar-refractivity contribution in [2.75, 3.05) is 6.61 Å². The highest BCUT2D eigenvalue weighted by Crippen LogP contribution is 2.39. The van der Waals surface area contributed by atoms with Crippen LogP contribution in [-0.4, -0.2) is 29.0 Å². The number of ether oxygens (including phenoxy) is 1. The molecule has 116 valence electrons. The molecule has 1 heterocycles. The Balaban J connectivity index is 1.89. The Labute approximate surface area is 137 Å². The van der Waals surface area contributed by atoms with Crippen molar-refractivity contribution in [2.24, 2.45) is 5.92 Å². The van der Waals surface area contributed by atoms with Crippen LogP contribution in [0.15, 0.2) is 12.3 Å². The quantitative estimate of drug-likeness (QED) is 0.655. The van der Waals surface area contributed by atoms with Crippen LogP contribution in [0.2, 0.25) is 10.2 Å². The van der Waals surface area contributed by atoms with Crippen molar-refractivity contribution >= 4 is 35.1 Å². The normalized spacial score (nSPS) is 16.3. The monoisotopic (exact) mass is 341 g/mol. The Morgan fingerprint density at radius 2 is 2.23 bits per heavy atom. The van der Waals surface area contributed by atoms with Gasteiger partial charge < -0.3 is 10.1 Å². The van der Waals surface area contributed by atoms with E-state index in [4.69, 9.17) is 33.2 Å². The van der Waals surface area contributed by atoms with E-state index in [2.05, 4.69) is 16.4 Å². The van der Waals surface area contributed by atoms with E-state index < -0.39 is 24.0 Å². The van der Waals surface area contributed by atoms with E-state index >= 15 is 0 Å². The Morgan fingerprint density at radius 3 is 2.77 bits per heavy atom. The number of hydrogen-bond acceptors (Lipinski definition) is 5. The molecule has 22 heavy (non-hydrogen) atoms. The zero-order valence-electron chi connectivity index (χ0n) is 11.7. The molecular formula is C14H13Cl2N3O3. The minimum Gasteiger partial charge on any atom is -0.452 e. The maximum absolute atomic E-state index is 11.8. The lowest BCUT2D eigenvalue weighted by molar-refractivity contribution is -0.125. The highest BCUT2D eigenvalue weighted by molar-refractivity contribution is 6.41. The second-order valence-electron chi connectivity index (χ2n) is 5.21. The van der Waals surface area contributed by atoms with Crippen molar-refractivity contribution in [2.45, 2.75) is 25.3 Å². The molecule has 6 nitrogen and oxygen atoms in total. The molecule has 1 aliphatic rings. The molecular weight excluding hydrogens is 329 g/mol. The third kappa shape index (κ3) is 3.87. The van der Waals surface area contributed by atoms with Gasteiger partial charge in [-0.25, -0.2) is 9.78 Å². The summed E-state index contributed by atoms with van der Waals surface area (Å²) in [5.74, 6) is -1.12. The zero-order valence-corrected chi connectivity index (χ0v) is 13.2. The highest BCUT2D eigenvalue weighted by atomic mass is 35.5. The van der Waals surface area contributed by atoms with Gasteiger partial charge >= 0.3 is 5.97 Å². The number of nitriles is 1. The number of carbonyl (C=O) groups excluding carboxylic acids is 2. The number of carbonyl (C=O) groups is 2. The van der Waals surface area contributed by atoms with Gasteiger partial charge in [-0.15, -0.1) is 0 Å². The molecule has 8 heteroatoms. The van der Waals surface area contributed by atoms with E-state index in [0.717, 1.165) is 12.8 Å². The predicted octanol–water partition coefficient (Wildman–Crippen LogP) is 2.35. The minimum absolute atomic E-state index is 0.0742. The standard InChI is InChI=1S/C14H13Cl2N3O3/c1-14(7-17,9-2-3-9)19-11(20)6-22-13(21)8-4-10(15)12(16)18-5-8/h4-5,9H,2-3,6H2,1H3,(H,19,20)/t14-/m1/s1. The van der Waals surface area contributed by atoms with Gasteiger partial charge in [-0.1, -0.05) is 23.2 Å². The van der Waals surface area contributed by atoms with E-state index in [1.165, 1.54) is 12.3 Å². The number of esters is 1. The SMILES string of the molecule is C[C@](C#N)(NC(=O)COC(=O)c1cnc(Cl)c(Cl)c1)C1CC1. The molecule has 2 rings (SSSR count). The molecule has 0 aliphatic heterocycles. The minimum atomic E-state index is -0.922. The number of hydrogen-bond donors (Lipinski definition) is 1. The number of nitrogens with one attached hydrogen (secondary N) is 1. The van der Waals surface area contributed by atoms with Crippen molar-refractivity contribution in [1.82, 2.24) is 10.3 Å². The molecule has 0 bridgehead atoms. The van der Waals surface area contributed by atoms with Crippen LogP contribution in [-0.2, 0) is 9.53 Å². The smallest absolute Gasteiger partial charge is 0.340 e. The number of amides is 1. The van der Waals surface area contributed by atoms with Gasteiger partial charge in [0.2, 0.25) is 0 Å². The molecule has 0 unspecified atom stereocenters. The lowest BCUT2D eigenvalue weighted by atomic mass is 9.98. The van der Waals surface area contributed by atoms with E-state index in [1.807, 2.05) is 0 Å². The maximum Gasteiger partial charge on any atom is 0.340 e. The molecule has 0 saturated heterocycles. The molecule has 1 aromatic heterocycles. The van der Waals surface area contributed by atoms with Gasteiger partial charge in [0.1, 0.15) is 10.7 Å². The second-order valence-corrected chi connectivity index (χ2v) is 5.97. The van der Waals surface area contributed by atoms with Gasteiger partial charge in [-0.3, -0.25) is 4.79 Å². The fourth-order valence-electron chi connectivity index (χ4n) is 1.95. The van der Waals surface area contributed by atoms with Crippen molar-refractivity contribution < 1.29 is 14.3 Å². The summed E-state index contributed by atoms with van der Waals surface area (Å²) in [5.41, 5.74) is -0.832. The van der Waals surface area contributed by atoms with Crippen LogP contribution in [0.5, 0.6) is 0 Å². The first-order chi connectivity index (χ1) is 10.4. The average molecular weight is 342 g/mol. The topological polar surface area (TPSA) is 92.1 Å². The van der Waals surface area contributed by atoms with Crippen LogP contribution in [0, 0.1) is 17.2 Å². The van der Waals surface area contributed by atoms with Crippen LogP contribution in [0.4, 0.5) is 0 Å². The fourth-order valence-corrected chi connectivity index (χ4v) is 2.22. The number of rotatable bonds is 5.